The number of hydrogen-bond acceptors (Lipinski definition) is 3. The van der Waals surface area contributed by atoms with Crippen LogP contribution in [0.3, 0.4) is 0 Å². The van der Waals surface area contributed by atoms with Gasteiger partial charge in [-0.2, -0.15) is 0 Å². The standard InChI is InChI=1S/C26H49NO2.Li/c1-5-9-11-13-15-17-21-24(19-7-3)27(23-26(28)29)25(20-8-4)22-18-16-14-12-10-6-2;/h15-18,24-25H,5-14,19-23H2,1-4H3,(H,28,29);/q;+1/p-1/b17-15+,18-16+;. The molecule has 0 bridgehead atoms. The van der Waals surface area contributed by atoms with Crippen molar-refractivity contribution in [3.63, 3.8) is 0 Å². The molecule has 0 N–H and O–H groups in total. The number of nitrogens with zero attached hydrogens (tertiary/aromatic N) is 1. The van der Waals surface area contributed by atoms with E-state index in [0.717, 1.165) is 51.4 Å². The molecule has 0 aromatic rings. The Morgan fingerprint density at radius 3 is 1.50 bits per heavy atom. The number of carboxylic acid groups (broad SMARTS) is 1. The summed E-state index contributed by atoms with van der Waals surface area (Å²) in [7, 11) is 0. The predicted molar refractivity (Wildman–Crippen MR) is 125 cm³/mol. The molecule has 0 aromatic heterocycles. The smallest absolute Gasteiger partial charge is 0.549 e. The van der Waals surface area contributed by atoms with Gasteiger partial charge in [-0.15, -0.1) is 0 Å². The second-order valence-electron chi connectivity index (χ2n) is 8.34. The van der Waals surface area contributed by atoms with Crippen molar-refractivity contribution in [2.45, 2.75) is 130 Å². The van der Waals surface area contributed by atoms with Crippen molar-refractivity contribution in [1.29, 1.82) is 0 Å². The fourth-order valence-corrected chi connectivity index (χ4v) is 3.98. The van der Waals surface area contributed by atoms with E-state index < -0.39 is 5.97 Å². The summed E-state index contributed by atoms with van der Waals surface area (Å²) < 4.78 is 0. The molecule has 2 unspecified atom stereocenters. The van der Waals surface area contributed by atoms with E-state index in [1.54, 1.807) is 0 Å². The first-order valence-corrected chi connectivity index (χ1v) is 12.4. The summed E-state index contributed by atoms with van der Waals surface area (Å²) in [5.41, 5.74) is 0. The van der Waals surface area contributed by atoms with Gasteiger partial charge in [-0.3, -0.25) is 4.90 Å². The Kier molecular flexibility index (Phi) is 24.5. The van der Waals surface area contributed by atoms with Crippen molar-refractivity contribution in [1.82, 2.24) is 4.90 Å². The van der Waals surface area contributed by atoms with Gasteiger partial charge < -0.3 is 9.90 Å². The van der Waals surface area contributed by atoms with Gasteiger partial charge in [-0.05, 0) is 51.4 Å². The van der Waals surface area contributed by atoms with E-state index in [4.69, 9.17) is 0 Å². The van der Waals surface area contributed by atoms with Gasteiger partial charge in [0.15, 0.2) is 0 Å². The molecule has 0 saturated carbocycles. The summed E-state index contributed by atoms with van der Waals surface area (Å²) in [5, 5.41) is 11.5. The molecule has 2 atom stereocenters. The summed E-state index contributed by atoms with van der Waals surface area (Å²) >= 11 is 0. The predicted octanol–water partition coefficient (Wildman–Crippen LogP) is 3.43. The summed E-state index contributed by atoms with van der Waals surface area (Å²) in [5.74, 6) is -0.953. The molecule has 0 aliphatic rings. The minimum absolute atomic E-state index is 0. The number of unbranched alkanes of at least 4 members (excludes halogenated alkanes) is 6. The van der Waals surface area contributed by atoms with Gasteiger partial charge in [0.2, 0.25) is 0 Å². The summed E-state index contributed by atoms with van der Waals surface area (Å²) in [6.07, 6.45) is 25.0. The van der Waals surface area contributed by atoms with Crippen LogP contribution in [0.15, 0.2) is 24.3 Å². The van der Waals surface area contributed by atoms with Crippen LogP contribution in [0.1, 0.15) is 118 Å². The first kappa shape index (κ1) is 31.7. The SMILES string of the molecule is CCCCC/C=C/CC(CCC)N(CC(=O)[O-])C(C/C=C/CCCCC)CCC.[Li+]. The maximum atomic E-state index is 11.5. The molecule has 0 radical (unpaired) electrons. The number of rotatable bonds is 20. The number of carbonyl (C=O) groups excluding carboxylic acids is 1. The van der Waals surface area contributed by atoms with Gasteiger partial charge in [0, 0.05) is 18.6 Å². The number of aliphatic carboxylic acids is 1. The van der Waals surface area contributed by atoms with Gasteiger partial charge >= 0.3 is 18.9 Å². The summed E-state index contributed by atoms with van der Waals surface area (Å²) in [4.78, 5) is 13.8. The Labute approximate surface area is 199 Å². The van der Waals surface area contributed by atoms with Crippen molar-refractivity contribution in [2.75, 3.05) is 6.54 Å². The number of carboxylic acids is 1. The third kappa shape index (κ3) is 17.2. The topological polar surface area (TPSA) is 43.4 Å². The molecule has 0 heterocycles. The average molecular weight is 414 g/mol. The molecule has 30 heavy (non-hydrogen) atoms. The second kappa shape index (κ2) is 23.2. The molecule has 0 saturated heterocycles. The first-order chi connectivity index (χ1) is 14.1. The molecule has 0 aliphatic heterocycles. The maximum Gasteiger partial charge on any atom is 1.00 e. The molecule has 0 rings (SSSR count). The first-order valence-electron chi connectivity index (χ1n) is 12.4. The molecule has 0 amide bonds. The zero-order valence-corrected chi connectivity index (χ0v) is 20.8. The Hall–Kier alpha value is -0.493. The van der Waals surface area contributed by atoms with Gasteiger partial charge in [0.25, 0.3) is 0 Å². The fourth-order valence-electron chi connectivity index (χ4n) is 3.98. The van der Waals surface area contributed by atoms with Crippen LogP contribution in [0, 0.1) is 0 Å². The zero-order chi connectivity index (χ0) is 21.7. The van der Waals surface area contributed by atoms with Gasteiger partial charge in [-0.25, -0.2) is 0 Å². The van der Waals surface area contributed by atoms with Crippen LogP contribution < -0.4 is 24.0 Å². The molecule has 0 spiro atoms. The third-order valence-electron chi connectivity index (χ3n) is 5.59. The Balaban J connectivity index is 0. The van der Waals surface area contributed by atoms with Gasteiger partial charge in [0.05, 0.1) is 5.97 Å². The van der Waals surface area contributed by atoms with Gasteiger partial charge in [-0.1, -0.05) is 90.5 Å². The quantitative estimate of drug-likeness (QED) is 0.174. The Morgan fingerprint density at radius 1 is 0.733 bits per heavy atom. The van der Waals surface area contributed by atoms with Crippen molar-refractivity contribution >= 4 is 5.97 Å². The second-order valence-corrected chi connectivity index (χ2v) is 8.34. The normalized spacial score (nSPS) is 13.8. The van der Waals surface area contributed by atoms with E-state index in [9.17, 15) is 9.90 Å². The van der Waals surface area contributed by atoms with Crippen LogP contribution in [0.2, 0.25) is 0 Å². The fraction of sp³-hybridized carbons (Fsp3) is 0.808. The van der Waals surface area contributed by atoms with E-state index >= 15 is 0 Å². The van der Waals surface area contributed by atoms with Crippen LogP contribution in [-0.4, -0.2) is 29.5 Å². The van der Waals surface area contributed by atoms with Crippen molar-refractivity contribution in [3.8, 4) is 0 Å². The average Bonchev–Trinajstić information content (AvgIpc) is 2.69. The van der Waals surface area contributed by atoms with E-state index in [1.165, 1.54) is 38.5 Å². The minimum atomic E-state index is -0.953. The van der Waals surface area contributed by atoms with Crippen LogP contribution in [0.25, 0.3) is 0 Å². The van der Waals surface area contributed by atoms with Crippen LogP contribution in [0.5, 0.6) is 0 Å². The molecule has 3 nitrogen and oxygen atoms in total. The maximum absolute atomic E-state index is 11.5. The number of hydrogen-bond donors (Lipinski definition) is 0. The van der Waals surface area contributed by atoms with Crippen molar-refractivity contribution in [3.05, 3.63) is 24.3 Å². The number of carbonyl (C=O) groups is 1. The van der Waals surface area contributed by atoms with E-state index in [2.05, 4.69) is 56.9 Å². The molecule has 0 aromatic carbocycles. The Bertz CT molecular complexity index is 405. The van der Waals surface area contributed by atoms with Crippen molar-refractivity contribution in [2.24, 2.45) is 0 Å². The minimum Gasteiger partial charge on any atom is -0.549 e. The van der Waals surface area contributed by atoms with Crippen LogP contribution >= 0.6 is 0 Å². The summed E-state index contributed by atoms with van der Waals surface area (Å²) in [6.45, 7) is 8.88. The largest absolute Gasteiger partial charge is 1.00 e. The Morgan fingerprint density at radius 2 is 1.17 bits per heavy atom. The van der Waals surface area contributed by atoms with Gasteiger partial charge in [0.1, 0.15) is 0 Å². The molecule has 0 aliphatic carbocycles. The summed E-state index contributed by atoms with van der Waals surface area (Å²) in [6, 6.07) is 0.565. The molecule has 4 heteroatoms. The zero-order valence-electron chi connectivity index (χ0n) is 20.8. The van der Waals surface area contributed by atoms with Crippen LogP contribution in [0.4, 0.5) is 0 Å². The van der Waals surface area contributed by atoms with E-state index in [-0.39, 0.29) is 37.5 Å². The molecular weight excluding hydrogens is 365 g/mol. The molecule has 170 valence electrons. The van der Waals surface area contributed by atoms with Crippen LogP contribution in [-0.2, 0) is 4.79 Å². The molecule has 0 fully saturated rings. The van der Waals surface area contributed by atoms with E-state index in [0.29, 0.717) is 0 Å². The molecular formula is C26H48LiNO2. The number of allylic oxidation sites excluding steroid dienone is 2. The monoisotopic (exact) mass is 413 g/mol. The third-order valence-corrected chi connectivity index (χ3v) is 5.59. The van der Waals surface area contributed by atoms with E-state index in [1.807, 2.05) is 0 Å². The van der Waals surface area contributed by atoms with Crippen molar-refractivity contribution < 1.29 is 28.8 Å².